The summed E-state index contributed by atoms with van der Waals surface area (Å²) in [5, 5.41) is 12.0. The Kier molecular flexibility index (Phi) is 15.5. The van der Waals surface area contributed by atoms with Crippen LogP contribution in [0.4, 0.5) is 0 Å². The van der Waals surface area contributed by atoms with Gasteiger partial charge in [0.2, 0.25) is 0 Å². The lowest BCUT2D eigenvalue weighted by Crippen LogP contribution is -1.98. The number of aromatic nitrogens is 8. The zero-order valence-corrected chi connectivity index (χ0v) is 62.8. The molecule has 0 atom stereocenters. The third kappa shape index (κ3) is 11.1. The van der Waals surface area contributed by atoms with Crippen LogP contribution in [0.3, 0.4) is 0 Å². The molecule has 0 N–H and O–H groups in total. The van der Waals surface area contributed by atoms with Crippen LogP contribution >= 0.6 is 0 Å². The molecule has 8 nitrogen and oxygen atoms in total. The lowest BCUT2D eigenvalue weighted by atomic mass is 9.93. The molecule has 23 rings (SSSR count). The van der Waals surface area contributed by atoms with Crippen LogP contribution in [0.1, 0.15) is 0 Å². The standard InChI is InChI=1S/C108H68N8/c1-5-26-71(27-6-1)95-65-96(110-107(109-95)74-49-47-70(48-50-74)84-43-24-30-69-25-13-14-37-83(69)84)73-51-56-81(57-52-73)115-101-46-22-19-42-89(101)93-64-94-90-62-77(55-60-102(90)114(106(94)68-105(93)115)80-35-11-4-12-36-80)76-31-23-32-78(61-76)85-38-15-16-39-86(85)98-66-97(72-28-7-2-8-29-72)111-108(112-98)75-53-58-82(59-54-75)116-100-45-21-18-41-88(100)92-63-91-87-40-17-20-44-99(87)113(103(91)67-104(92)116)79-33-9-3-10-34-79/h1-68H. The summed E-state index contributed by atoms with van der Waals surface area (Å²) >= 11 is 0. The van der Waals surface area contributed by atoms with Gasteiger partial charge in [0.15, 0.2) is 11.6 Å². The van der Waals surface area contributed by atoms with Crippen molar-refractivity contribution in [1.82, 2.24) is 38.2 Å². The molecule has 0 unspecified atom stereocenters. The fraction of sp³-hybridized carbons (Fsp3) is 0. The highest BCUT2D eigenvalue weighted by Gasteiger charge is 2.24. The van der Waals surface area contributed by atoms with Crippen molar-refractivity contribution in [3.8, 4) is 124 Å². The minimum atomic E-state index is 0.648. The molecule has 0 aliphatic rings. The Balaban J connectivity index is 0.601. The second kappa shape index (κ2) is 27.1. The Morgan fingerprint density at radius 2 is 0.466 bits per heavy atom. The van der Waals surface area contributed by atoms with Gasteiger partial charge < -0.3 is 18.3 Å². The van der Waals surface area contributed by atoms with Crippen LogP contribution in [0.15, 0.2) is 413 Å². The van der Waals surface area contributed by atoms with Gasteiger partial charge in [-0.1, -0.05) is 279 Å². The van der Waals surface area contributed by atoms with Crippen molar-refractivity contribution < 1.29 is 0 Å². The van der Waals surface area contributed by atoms with Crippen LogP contribution in [0.25, 0.3) is 222 Å². The van der Waals surface area contributed by atoms with Crippen molar-refractivity contribution in [3.63, 3.8) is 0 Å². The van der Waals surface area contributed by atoms with Crippen LogP contribution in [-0.2, 0) is 0 Å². The molecule has 0 fully saturated rings. The molecule has 23 aromatic rings. The quantitative estimate of drug-likeness (QED) is 0.115. The number of fused-ring (bicyclic) bond motifs is 13. The molecule has 116 heavy (non-hydrogen) atoms. The van der Waals surface area contributed by atoms with Gasteiger partial charge in [0.25, 0.3) is 0 Å². The van der Waals surface area contributed by atoms with Gasteiger partial charge in [-0.15, -0.1) is 0 Å². The maximum absolute atomic E-state index is 5.52. The fourth-order valence-corrected chi connectivity index (χ4v) is 18.0. The number of benzene rings is 17. The number of hydrogen-bond acceptors (Lipinski definition) is 4. The Hall–Kier alpha value is -15.6. The summed E-state index contributed by atoms with van der Waals surface area (Å²) in [6, 6.07) is 149. The van der Waals surface area contributed by atoms with E-state index in [-0.39, 0.29) is 0 Å². The van der Waals surface area contributed by atoms with Crippen molar-refractivity contribution in [2.24, 2.45) is 0 Å². The number of rotatable bonds is 13. The van der Waals surface area contributed by atoms with Crippen LogP contribution in [-0.4, -0.2) is 38.2 Å². The molecule has 540 valence electrons. The van der Waals surface area contributed by atoms with Crippen LogP contribution in [0.5, 0.6) is 0 Å². The Bertz CT molecular complexity index is 7830. The topological polar surface area (TPSA) is 71.3 Å². The first-order valence-corrected chi connectivity index (χ1v) is 39.5. The second-order valence-electron chi connectivity index (χ2n) is 30.0. The van der Waals surface area contributed by atoms with E-state index in [0.29, 0.717) is 11.6 Å². The Labute approximate surface area is 668 Å². The SMILES string of the molecule is c1ccc(-c2cc(-c3ccc(-n4c5ccccc5c5cc6c7cc(-c8cccc(-c9ccccc9-c9cc(-c%10ccccc%10)nc(-c%10ccc(-n%11c%12ccccc%12c%12cc%13c%14ccccc%14n(-c%14ccccc%14)c%13cc%12%11)cc%10)n9)c8)ccc7n(-c7ccccc7)c6cc54)cc3)nc(-c3ccc(-c4cccc5ccccc45)cc3)n2)cc1. The predicted molar refractivity (Wildman–Crippen MR) is 481 cm³/mol. The van der Waals surface area contributed by atoms with Gasteiger partial charge in [-0.3, -0.25) is 0 Å². The summed E-state index contributed by atoms with van der Waals surface area (Å²) in [6.45, 7) is 0. The van der Waals surface area contributed by atoms with E-state index in [4.69, 9.17) is 19.9 Å². The predicted octanol–water partition coefficient (Wildman–Crippen LogP) is 27.8. The normalized spacial score (nSPS) is 11.8. The first-order valence-electron chi connectivity index (χ1n) is 39.5. The minimum Gasteiger partial charge on any atom is -0.309 e. The van der Waals surface area contributed by atoms with Crippen LogP contribution in [0, 0.1) is 0 Å². The summed E-state index contributed by atoms with van der Waals surface area (Å²) in [4.78, 5) is 21.4. The summed E-state index contributed by atoms with van der Waals surface area (Å²) in [5.74, 6) is 1.32. The van der Waals surface area contributed by atoms with E-state index >= 15 is 0 Å². The molecule has 6 heterocycles. The third-order valence-electron chi connectivity index (χ3n) is 23.4. The number of hydrogen-bond donors (Lipinski definition) is 0. The maximum atomic E-state index is 5.52. The highest BCUT2D eigenvalue weighted by Crippen LogP contribution is 2.45. The highest BCUT2D eigenvalue weighted by atomic mass is 15.0. The van der Waals surface area contributed by atoms with E-state index in [1.165, 1.54) is 64.9 Å². The largest absolute Gasteiger partial charge is 0.309 e. The number of nitrogens with zero attached hydrogens (tertiary/aromatic N) is 8. The van der Waals surface area contributed by atoms with Crippen LogP contribution in [0.2, 0.25) is 0 Å². The molecule has 0 aliphatic carbocycles. The van der Waals surface area contributed by atoms with Crippen molar-refractivity contribution in [2.75, 3.05) is 0 Å². The smallest absolute Gasteiger partial charge is 0.160 e. The molecular formula is C108H68N8. The lowest BCUT2D eigenvalue weighted by Gasteiger charge is -2.14. The molecule has 17 aromatic carbocycles. The average Bonchev–Trinajstić information content (AvgIpc) is 1.56. The van der Waals surface area contributed by atoms with Gasteiger partial charge in [-0.25, -0.2) is 19.9 Å². The van der Waals surface area contributed by atoms with E-state index in [2.05, 4.69) is 425 Å². The zero-order chi connectivity index (χ0) is 76.3. The minimum absolute atomic E-state index is 0.648. The Morgan fingerprint density at radius 3 is 0.991 bits per heavy atom. The van der Waals surface area contributed by atoms with E-state index in [0.717, 1.165) is 145 Å². The van der Waals surface area contributed by atoms with Crippen molar-refractivity contribution >= 4 is 98.0 Å². The van der Waals surface area contributed by atoms with Gasteiger partial charge in [0.1, 0.15) is 0 Å². The summed E-state index contributed by atoms with van der Waals surface area (Å²) in [7, 11) is 0. The molecule has 6 aromatic heterocycles. The average molecular weight is 1480 g/mol. The lowest BCUT2D eigenvalue weighted by molar-refractivity contribution is 1.16. The summed E-state index contributed by atoms with van der Waals surface area (Å²) in [6.07, 6.45) is 0. The van der Waals surface area contributed by atoms with Crippen molar-refractivity contribution in [3.05, 3.63) is 413 Å². The molecule has 0 spiro atoms. The molecular weight excluding hydrogens is 1410 g/mol. The zero-order valence-electron chi connectivity index (χ0n) is 62.8. The molecule has 0 bridgehead atoms. The van der Waals surface area contributed by atoms with Crippen molar-refractivity contribution in [2.45, 2.75) is 0 Å². The van der Waals surface area contributed by atoms with Gasteiger partial charge in [0, 0.05) is 99.2 Å². The van der Waals surface area contributed by atoms with Crippen LogP contribution < -0.4 is 0 Å². The van der Waals surface area contributed by atoms with Gasteiger partial charge >= 0.3 is 0 Å². The first kappa shape index (κ1) is 66.2. The molecule has 0 saturated carbocycles. The fourth-order valence-electron chi connectivity index (χ4n) is 18.0. The van der Waals surface area contributed by atoms with E-state index in [1.807, 2.05) is 6.07 Å². The molecule has 0 saturated heterocycles. The molecule has 0 aliphatic heterocycles. The van der Waals surface area contributed by atoms with Gasteiger partial charge in [-0.05, 0) is 178 Å². The monoisotopic (exact) mass is 1480 g/mol. The van der Waals surface area contributed by atoms with Gasteiger partial charge in [0.05, 0.1) is 66.9 Å². The molecule has 0 amide bonds. The maximum Gasteiger partial charge on any atom is 0.160 e. The number of para-hydroxylation sites is 5. The van der Waals surface area contributed by atoms with E-state index < -0.39 is 0 Å². The first-order chi connectivity index (χ1) is 57.5. The van der Waals surface area contributed by atoms with E-state index in [1.54, 1.807) is 0 Å². The van der Waals surface area contributed by atoms with E-state index in [9.17, 15) is 0 Å². The third-order valence-corrected chi connectivity index (χ3v) is 23.4. The van der Waals surface area contributed by atoms with Crippen molar-refractivity contribution in [1.29, 1.82) is 0 Å². The summed E-state index contributed by atoms with van der Waals surface area (Å²) < 4.78 is 9.66. The Morgan fingerprint density at radius 1 is 0.147 bits per heavy atom. The van der Waals surface area contributed by atoms with Gasteiger partial charge in [-0.2, -0.15) is 0 Å². The second-order valence-corrected chi connectivity index (χ2v) is 30.0. The highest BCUT2D eigenvalue weighted by molar-refractivity contribution is 6.21. The summed E-state index contributed by atoms with van der Waals surface area (Å²) in [5.41, 5.74) is 29.5. The molecule has 8 heteroatoms. The molecule has 0 radical (unpaired) electrons.